The molecular weight excluding hydrogens is 144 g/mol. The Kier molecular flexibility index (Phi) is 4.50. The lowest BCUT2D eigenvalue weighted by Crippen LogP contribution is -2.09. The van der Waals surface area contributed by atoms with Gasteiger partial charge in [0.1, 0.15) is 0 Å². The average Bonchev–Trinajstić information content (AvgIpc) is 2.54. The van der Waals surface area contributed by atoms with Crippen LogP contribution in [0.15, 0.2) is 0 Å². The summed E-state index contributed by atoms with van der Waals surface area (Å²) in [6.45, 7) is 7.04. The van der Waals surface area contributed by atoms with Crippen LogP contribution in [0.4, 0.5) is 0 Å². The molecule has 0 aromatic carbocycles. The lowest BCUT2D eigenvalue weighted by molar-refractivity contribution is 0.0367. The van der Waals surface area contributed by atoms with Crippen molar-refractivity contribution in [3.05, 3.63) is 0 Å². The van der Waals surface area contributed by atoms with Crippen LogP contribution in [0.1, 0.15) is 13.3 Å². The van der Waals surface area contributed by atoms with E-state index in [1.807, 2.05) is 0 Å². The Hall–Kier alpha value is -0.120. The van der Waals surface area contributed by atoms with Gasteiger partial charge in [-0.05, 0) is 13.3 Å². The van der Waals surface area contributed by atoms with Crippen molar-refractivity contribution in [3.63, 3.8) is 0 Å². The molecule has 0 N–H and O–H groups in total. The average molecular weight is 160 g/mol. The topological polar surface area (TPSA) is 34.3 Å². The van der Waals surface area contributed by atoms with Crippen molar-refractivity contribution in [1.29, 1.82) is 0 Å². The summed E-state index contributed by atoms with van der Waals surface area (Å²) in [4.78, 5) is 0. The second kappa shape index (κ2) is 5.52. The number of rotatable bonds is 0. The van der Waals surface area contributed by atoms with Gasteiger partial charge in [0.25, 0.3) is 0 Å². The fraction of sp³-hybridized carbons (Fsp3) is 1.00. The molecule has 0 amide bonds. The van der Waals surface area contributed by atoms with Crippen LogP contribution in [-0.4, -0.2) is 39.1 Å². The van der Waals surface area contributed by atoms with E-state index in [0.717, 1.165) is 33.0 Å². The predicted molar refractivity (Wildman–Crippen MR) is 41.7 cm³/mol. The lowest BCUT2D eigenvalue weighted by Gasteiger charge is -2.09. The first kappa shape index (κ1) is 8.97. The molecule has 0 saturated carbocycles. The Morgan fingerprint density at radius 3 is 1.27 bits per heavy atom. The zero-order chi connectivity index (χ0) is 7.94. The third kappa shape index (κ3) is 9.88. The van der Waals surface area contributed by atoms with Crippen molar-refractivity contribution in [3.8, 4) is 0 Å². The monoisotopic (exact) mass is 160 g/mol. The predicted octanol–water partition coefficient (Wildman–Crippen LogP) is 0.828. The van der Waals surface area contributed by atoms with Crippen molar-refractivity contribution in [2.45, 2.75) is 19.4 Å². The molecule has 0 radical (unpaired) electrons. The molecule has 3 saturated heterocycles. The van der Waals surface area contributed by atoms with Crippen LogP contribution in [0.3, 0.4) is 0 Å². The van der Waals surface area contributed by atoms with E-state index >= 15 is 0 Å². The largest absolute Gasteiger partial charge is 0.381 e. The molecule has 3 aliphatic heterocycles. The number of epoxide rings is 2. The van der Waals surface area contributed by atoms with E-state index in [-0.39, 0.29) is 0 Å². The van der Waals surface area contributed by atoms with Crippen molar-refractivity contribution in [2.75, 3.05) is 33.0 Å². The van der Waals surface area contributed by atoms with Gasteiger partial charge >= 0.3 is 0 Å². The highest BCUT2D eigenvalue weighted by atomic mass is 16.6. The molecule has 0 aromatic heterocycles. The molecule has 0 bridgehead atoms. The molecule has 3 aliphatic rings. The van der Waals surface area contributed by atoms with Crippen LogP contribution in [0.2, 0.25) is 0 Å². The summed E-state index contributed by atoms with van der Waals surface area (Å²) in [6, 6.07) is 0. The molecule has 3 heterocycles. The van der Waals surface area contributed by atoms with Crippen molar-refractivity contribution < 1.29 is 14.2 Å². The molecule has 0 aliphatic carbocycles. The van der Waals surface area contributed by atoms with Gasteiger partial charge < -0.3 is 14.2 Å². The lowest BCUT2D eigenvalue weighted by atomic mass is 10.4. The number of hydrogen-bond acceptors (Lipinski definition) is 3. The fourth-order valence-corrected chi connectivity index (χ4v) is 0.241. The van der Waals surface area contributed by atoms with E-state index in [1.54, 1.807) is 0 Å². The summed E-state index contributed by atoms with van der Waals surface area (Å²) in [6.07, 6.45) is 1.86. The SMILES string of the molecule is C1CO1.C1COC1.CC1CO1. The number of hydrogen-bond donors (Lipinski definition) is 0. The molecular formula is C8H16O3. The Morgan fingerprint density at radius 1 is 1.00 bits per heavy atom. The maximum absolute atomic E-state index is 4.72. The highest BCUT2D eigenvalue weighted by molar-refractivity contribution is 4.58. The first-order valence-corrected chi connectivity index (χ1v) is 4.16. The van der Waals surface area contributed by atoms with Crippen LogP contribution in [0.5, 0.6) is 0 Å². The highest BCUT2D eigenvalue weighted by Gasteiger charge is 2.13. The van der Waals surface area contributed by atoms with Gasteiger partial charge in [-0.3, -0.25) is 0 Å². The standard InChI is InChI=1S/2C3H6O.C2H4O/c1-3-2-4-3;1-2-4-3-1;1-2-3-1/h3H,2H2,1H3;1-3H2;1-2H2. The van der Waals surface area contributed by atoms with E-state index in [9.17, 15) is 0 Å². The highest BCUT2D eigenvalue weighted by Crippen LogP contribution is 2.04. The van der Waals surface area contributed by atoms with E-state index in [4.69, 9.17) is 9.47 Å². The van der Waals surface area contributed by atoms with Gasteiger partial charge in [-0.25, -0.2) is 0 Å². The zero-order valence-corrected chi connectivity index (χ0v) is 7.04. The minimum atomic E-state index is 0.583. The summed E-state index contributed by atoms with van der Waals surface area (Å²) < 4.78 is 13.9. The van der Waals surface area contributed by atoms with Crippen LogP contribution >= 0.6 is 0 Å². The van der Waals surface area contributed by atoms with E-state index in [1.165, 1.54) is 6.42 Å². The second-order valence-corrected chi connectivity index (χ2v) is 2.72. The minimum absolute atomic E-state index is 0.583. The molecule has 0 spiro atoms. The van der Waals surface area contributed by atoms with Crippen molar-refractivity contribution in [1.82, 2.24) is 0 Å². The maximum atomic E-state index is 4.72. The van der Waals surface area contributed by atoms with Gasteiger partial charge in [-0.15, -0.1) is 0 Å². The fourth-order valence-electron chi connectivity index (χ4n) is 0.241. The summed E-state index contributed by atoms with van der Waals surface area (Å²) in [7, 11) is 0. The summed E-state index contributed by atoms with van der Waals surface area (Å²) in [5.41, 5.74) is 0. The Balaban J connectivity index is 0.0000000835. The first-order valence-electron chi connectivity index (χ1n) is 4.16. The van der Waals surface area contributed by atoms with Crippen LogP contribution < -0.4 is 0 Å². The Morgan fingerprint density at radius 2 is 1.27 bits per heavy atom. The van der Waals surface area contributed by atoms with Gasteiger partial charge in [0.2, 0.25) is 0 Å². The molecule has 3 fully saturated rings. The third-order valence-electron chi connectivity index (χ3n) is 1.28. The van der Waals surface area contributed by atoms with E-state index < -0.39 is 0 Å². The minimum Gasteiger partial charge on any atom is -0.381 e. The summed E-state index contributed by atoms with van der Waals surface area (Å²) in [5.74, 6) is 0. The smallest absolute Gasteiger partial charge is 0.0781 e. The second-order valence-electron chi connectivity index (χ2n) is 2.72. The molecule has 0 aromatic rings. The summed E-state index contributed by atoms with van der Waals surface area (Å²) >= 11 is 0. The van der Waals surface area contributed by atoms with Crippen LogP contribution in [0, 0.1) is 0 Å². The first-order chi connectivity index (χ1) is 5.39. The van der Waals surface area contributed by atoms with Gasteiger partial charge in [0, 0.05) is 13.2 Å². The maximum Gasteiger partial charge on any atom is 0.0781 e. The van der Waals surface area contributed by atoms with E-state index in [0.29, 0.717) is 6.10 Å². The molecule has 66 valence electrons. The Bertz CT molecular complexity index is 78.6. The molecule has 3 nitrogen and oxygen atoms in total. The van der Waals surface area contributed by atoms with Gasteiger partial charge in [-0.2, -0.15) is 0 Å². The van der Waals surface area contributed by atoms with Gasteiger partial charge in [0.05, 0.1) is 25.9 Å². The molecule has 11 heavy (non-hydrogen) atoms. The molecule has 3 heteroatoms. The molecule has 3 rings (SSSR count). The number of ether oxygens (including phenoxy) is 3. The molecule has 1 unspecified atom stereocenters. The van der Waals surface area contributed by atoms with Crippen molar-refractivity contribution in [2.24, 2.45) is 0 Å². The zero-order valence-electron chi connectivity index (χ0n) is 7.04. The summed E-state index contributed by atoms with van der Waals surface area (Å²) in [5, 5.41) is 0. The molecule has 1 atom stereocenters. The van der Waals surface area contributed by atoms with Gasteiger partial charge in [0.15, 0.2) is 0 Å². The van der Waals surface area contributed by atoms with Crippen LogP contribution in [-0.2, 0) is 14.2 Å². The quantitative estimate of drug-likeness (QED) is 0.492. The third-order valence-corrected chi connectivity index (χ3v) is 1.28. The van der Waals surface area contributed by atoms with Crippen LogP contribution in [0.25, 0.3) is 0 Å². The normalized spacial score (nSPS) is 29.7. The van der Waals surface area contributed by atoms with E-state index in [2.05, 4.69) is 11.7 Å². The van der Waals surface area contributed by atoms with Crippen molar-refractivity contribution >= 4 is 0 Å². The van der Waals surface area contributed by atoms with Gasteiger partial charge in [-0.1, -0.05) is 0 Å². The Labute approximate surface area is 67.6 Å².